The van der Waals surface area contributed by atoms with Gasteiger partial charge < -0.3 is 5.32 Å². The molecule has 16 heavy (non-hydrogen) atoms. The summed E-state index contributed by atoms with van der Waals surface area (Å²) in [7, 11) is -0.553. The van der Waals surface area contributed by atoms with Crippen LogP contribution < -0.4 is 5.32 Å². The maximum absolute atomic E-state index is 11.2. The van der Waals surface area contributed by atoms with Crippen LogP contribution in [0.25, 0.3) is 0 Å². The van der Waals surface area contributed by atoms with E-state index in [0.717, 1.165) is 30.9 Å². The number of hydrogen-bond acceptors (Lipinski definition) is 2. The summed E-state index contributed by atoms with van der Waals surface area (Å²) >= 11 is 0. The molecule has 0 aromatic heterocycles. The molecule has 0 aliphatic carbocycles. The van der Waals surface area contributed by atoms with Gasteiger partial charge in [0.2, 0.25) is 0 Å². The third-order valence-corrected chi connectivity index (χ3v) is 4.61. The normalized spacial score (nSPS) is 25.6. The second-order valence-electron chi connectivity index (χ2n) is 4.43. The SMILES string of the molecule is Cc1ccccc1CNC1CCS(=O)CC1. The fraction of sp³-hybridized carbons (Fsp3) is 0.538. The summed E-state index contributed by atoms with van der Waals surface area (Å²) in [5.74, 6) is 1.73. The predicted octanol–water partition coefficient (Wildman–Crippen LogP) is 2.00. The molecule has 1 aliphatic rings. The first-order valence-corrected chi connectivity index (χ1v) is 7.37. The Morgan fingerprint density at radius 3 is 2.69 bits per heavy atom. The van der Waals surface area contributed by atoms with Crippen molar-refractivity contribution in [1.82, 2.24) is 5.32 Å². The van der Waals surface area contributed by atoms with Crippen LogP contribution in [0.3, 0.4) is 0 Å². The van der Waals surface area contributed by atoms with Crippen LogP contribution in [0.15, 0.2) is 24.3 Å². The van der Waals surface area contributed by atoms with Gasteiger partial charge in [0.05, 0.1) is 0 Å². The lowest BCUT2D eigenvalue weighted by molar-refractivity contribution is 0.475. The Balaban J connectivity index is 1.84. The van der Waals surface area contributed by atoms with E-state index in [0.29, 0.717) is 6.04 Å². The van der Waals surface area contributed by atoms with Crippen LogP contribution in [0.5, 0.6) is 0 Å². The molecule has 1 N–H and O–H groups in total. The molecular weight excluding hydrogens is 218 g/mol. The summed E-state index contributed by atoms with van der Waals surface area (Å²) in [6, 6.07) is 9.02. The average molecular weight is 237 g/mol. The Labute approximate surface area is 99.9 Å². The molecule has 1 aliphatic heterocycles. The van der Waals surface area contributed by atoms with Gasteiger partial charge in [0.1, 0.15) is 0 Å². The van der Waals surface area contributed by atoms with Gasteiger partial charge in [-0.15, -0.1) is 0 Å². The van der Waals surface area contributed by atoms with Gasteiger partial charge in [-0.3, -0.25) is 4.21 Å². The first-order chi connectivity index (χ1) is 7.75. The molecule has 0 amide bonds. The lowest BCUT2D eigenvalue weighted by Crippen LogP contribution is -2.35. The lowest BCUT2D eigenvalue weighted by atomic mass is 10.1. The summed E-state index contributed by atoms with van der Waals surface area (Å²) in [4.78, 5) is 0. The molecular formula is C13H19NOS. The minimum Gasteiger partial charge on any atom is -0.310 e. The van der Waals surface area contributed by atoms with Crippen molar-refractivity contribution in [3.05, 3.63) is 35.4 Å². The molecule has 1 aromatic rings. The number of aryl methyl sites for hydroxylation is 1. The summed E-state index contributed by atoms with van der Waals surface area (Å²) in [6.07, 6.45) is 2.11. The maximum Gasteiger partial charge on any atom is 0.0249 e. The summed E-state index contributed by atoms with van der Waals surface area (Å²) in [6.45, 7) is 3.08. The van der Waals surface area contributed by atoms with Gasteiger partial charge >= 0.3 is 0 Å². The van der Waals surface area contributed by atoms with E-state index in [1.54, 1.807) is 0 Å². The topological polar surface area (TPSA) is 29.1 Å². The predicted molar refractivity (Wildman–Crippen MR) is 68.9 cm³/mol. The second kappa shape index (κ2) is 5.60. The van der Waals surface area contributed by atoms with Crippen molar-refractivity contribution < 1.29 is 4.21 Å². The molecule has 3 heteroatoms. The largest absolute Gasteiger partial charge is 0.310 e. The number of benzene rings is 1. The van der Waals surface area contributed by atoms with Crippen LogP contribution >= 0.6 is 0 Å². The van der Waals surface area contributed by atoms with Crippen LogP contribution in [-0.4, -0.2) is 21.8 Å². The van der Waals surface area contributed by atoms with Gasteiger partial charge in [-0.05, 0) is 30.9 Å². The van der Waals surface area contributed by atoms with Gasteiger partial charge in [-0.25, -0.2) is 0 Å². The van der Waals surface area contributed by atoms with E-state index >= 15 is 0 Å². The lowest BCUT2D eigenvalue weighted by Gasteiger charge is -2.23. The molecule has 2 rings (SSSR count). The highest BCUT2D eigenvalue weighted by molar-refractivity contribution is 7.85. The molecule has 2 nitrogen and oxygen atoms in total. The Bertz CT molecular complexity index is 368. The van der Waals surface area contributed by atoms with Crippen molar-refractivity contribution in [2.24, 2.45) is 0 Å². The molecule has 1 fully saturated rings. The van der Waals surface area contributed by atoms with Gasteiger partial charge in [0.15, 0.2) is 0 Å². The van der Waals surface area contributed by atoms with Crippen molar-refractivity contribution in [2.75, 3.05) is 11.5 Å². The van der Waals surface area contributed by atoms with Crippen LogP contribution in [0.1, 0.15) is 24.0 Å². The minimum atomic E-state index is -0.553. The van der Waals surface area contributed by atoms with Crippen molar-refractivity contribution in [2.45, 2.75) is 32.4 Å². The number of nitrogens with one attached hydrogen (secondary N) is 1. The van der Waals surface area contributed by atoms with E-state index in [1.807, 2.05) is 0 Å². The molecule has 0 saturated carbocycles. The first kappa shape index (κ1) is 11.8. The molecule has 0 bridgehead atoms. The van der Waals surface area contributed by atoms with Crippen LogP contribution in [0.2, 0.25) is 0 Å². The average Bonchev–Trinajstić information content (AvgIpc) is 2.30. The van der Waals surface area contributed by atoms with E-state index in [9.17, 15) is 4.21 Å². The van der Waals surface area contributed by atoms with Gasteiger partial charge in [0.25, 0.3) is 0 Å². The molecule has 0 unspecified atom stereocenters. The molecule has 88 valence electrons. The van der Waals surface area contributed by atoms with Crippen LogP contribution in [0.4, 0.5) is 0 Å². The number of hydrogen-bond donors (Lipinski definition) is 1. The molecule has 1 heterocycles. The molecule has 0 spiro atoms. The standard InChI is InChI=1S/C13H19NOS/c1-11-4-2-3-5-12(11)10-14-13-6-8-16(15)9-7-13/h2-5,13-14H,6-10H2,1H3. The Morgan fingerprint density at radius 1 is 1.31 bits per heavy atom. The fourth-order valence-electron chi connectivity index (χ4n) is 2.06. The zero-order chi connectivity index (χ0) is 11.4. The van der Waals surface area contributed by atoms with Crippen molar-refractivity contribution >= 4 is 10.8 Å². The highest BCUT2D eigenvalue weighted by atomic mass is 32.2. The number of rotatable bonds is 3. The third kappa shape index (κ3) is 3.16. The Kier molecular flexibility index (Phi) is 4.13. The van der Waals surface area contributed by atoms with E-state index in [2.05, 4.69) is 36.5 Å². The Hall–Kier alpha value is -0.670. The van der Waals surface area contributed by atoms with Crippen LogP contribution in [0, 0.1) is 6.92 Å². The zero-order valence-electron chi connectivity index (χ0n) is 9.74. The summed E-state index contributed by atoms with van der Waals surface area (Å²) < 4.78 is 11.2. The van der Waals surface area contributed by atoms with Crippen molar-refractivity contribution in [3.63, 3.8) is 0 Å². The first-order valence-electron chi connectivity index (χ1n) is 5.88. The minimum absolute atomic E-state index is 0.553. The quantitative estimate of drug-likeness (QED) is 0.871. The van der Waals surface area contributed by atoms with Crippen molar-refractivity contribution in [1.29, 1.82) is 0 Å². The Morgan fingerprint density at radius 2 is 2.00 bits per heavy atom. The van der Waals surface area contributed by atoms with Gasteiger partial charge in [0, 0.05) is 34.9 Å². The second-order valence-corrected chi connectivity index (χ2v) is 6.13. The zero-order valence-corrected chi connectivity index (χ0v) is 10.6. The van der Waals surface area contributed by atoms with Crippen molar-refractivity contribution in [3.8, 4) is 0 Å². The van der Waals surface area contributed by atoms with Gasteiger partial charge in [-0.2, -0.15) is 0 Å². The third-order valence-electron chi connectivity index (χ3n) is 3.23. The van der Waals surface area contributed by atoms with Crippen LogP contribution in [-0.2, 0) is 17.3 Å². The molecule has 0 atom stereocenters. The molecule has 0 radical (unpaired) electrons. The van der Waals surface area contributed by atoms with E-state index in [-0.39, 0.29) is 0 Å². The summed E-state index contributed by atoms with van der Waals surface area (Å²) in [5, 5.41) is 3.56. The van der Waals surface area contributed by atoms with E-state index in [4.69, 9.17) is 0 Å². The molecule has 1 aromatic carbocycles. The maximum atomic E-state index is 11.2. The highest BCUT2D eigenvalue weighted by Gasteiger charge is 2.16. The van der Waals surface area contributed by atoms with E-state index < -0.39 is 10.8 Å². The monoisotopic (exact) mass is 237 g/mol. The fourth-order valence-corrected chi connectivity index (χ4v) is 3.36. The smallest absolute Gasteiger partial charge is 0.0249 e. The van der Waals surface area contributed by atoms with Gasteiger partial charge in [-0.1, -0.05) is 24.3 Å². The highest BCUT2D eigenvalue weighted by Crippen LogP contribution is 2.11. The summed E-state index contributed by atoms with van der Waals surface area (Å²) in [5.41, 5.74) is 2.71. The molecule has 1 saturated heterocycles. The van der Waals surface area contributed by atoms with E-state index in [1.165, 1.54) is 11.1 Å².